The summed E-state index contributed by atoms with van der Waals surface area (Å²) in [6.07, 6.45) is 1.99. The number of aromatic nitrogens is 1. The van der Waals surface area contributed by atoms with Gasteiger partial charge in [0.25, 0.3) is 0 Å². The highest BCUT2D eigenvalue weighted by molar-refractivity contribution is 5.55. The average molecular weight is 387 g/mol. The number of rotatable bonds is 6. The van der Waals surface area contributed by atoms with E-state index in [0.717, 1.165) is 42.9 Å². The Bertz CT molecular complexity index is 865. The Balaban J connectivity index is 2.20. The van der Waals surface area contributed by atoms with Gasteiger partial charge in [-0.15, -0.1) is 5.53 Å². The van der Waals surface area contributed by atoms with Crippen molar-refractivity contribution in [1.29, 1.82) is 0 Å². The Kier molecular flexibility index (Phi) is 4.98. The lowest BCUT2D eigenvalue weighted by Crippen LogP contribution is -2.56. The normalized spacial score (nSPS) is 16.3. The van der Waals surface area contributed by atoms with Crippen LogP contribution in [0.2, 0.25) is 0 Å². The van der Waals surface area contributed by atoms with Crippen molar-refractivity contribution < 1.29 is 26.7 Å². The molecule has 11 heteroatoms. The number of halogens is 5. The van der Waals surface area contributed by atoms with E-state index < -0.39 is 46.8 Å². The zero-order valence-corrected chi connectivity index (χ0v) is 13.9. The fourth-order valence-corrected chi connectivity index (χ4v) is 2.80. The first-order valence-electron chi connectivity index (χ1n) is 7.61. The Morgan fingerprint density at radius 1 is 1.11 bits per heavy atom. The molecule has 3 rings (SSSR count). The van der Waals surface area contributed by atoms with Gasteiger partial charge < -0.3 is 4.74 Å². The van der Waals surface area contributed by atoms with Crippen molar-refractivity contribution in [3.63, 3.8) is 0 Å². The molecule has 1 aromatic carbocycles. The SMILES string of the molecule is COC(CN1C=NNN1)(c1ccc(F)cc1F)C(F)(F)c1cc(F)ccn1. The summed E-state index contributed by atoms with van der Waals surface area (Å²) in [6, 6.07) is 3.55. The van der Waals surface area contributed by atoms with Crippen LogP contribution in [0.3, 0.4) is 0 Å². The highest BCUT2D eigenvalue weighted by atomic mass is 19.3. The van der Waals surface area contributed by atoms with Crippen molar-refractivity contribution in [2.24, 2.45) is 5.10 Å². The number of hydrazine groups is 2. The third-order valence-corrected chi connectivity index (χ3v) is 4.11. The molecule has 0 amide bonds. The minimum Gasteiger partial charge on any atom is -0.365 e. The van der Waals surface area contributed by atoms with E-state index in [1.165, 1.54) is 0 Å². The summed E-state index contributed by atoms with van der Waals surface area (Å²) in [7, 11) is 0.941. The number of hydrazone groups is 1. The number of hydrogen-bond donors (Lipinski definition) is 2. The smallest absolute Gasteiger partial charge is 0.324 e. The van der Waals surface area contributed by atoms with Gasteiger partial charge in [-0.3, -0.25) is 9.99 Å². The Labute approximate surface area is 150 Å². The van der Waals surface area contributed by atoms with E-state index in [4.69, 9.17) is 4.74 Å². The summed E-state index contributed by atoms with van der Waals surface area (Å²) in [5, 5.41) is 4.66. The van der Waals surface area contributed by atoms with Crippen LogP contribution in [-0.2, 0) is 16.3 Å². The van der Waals surface area contributed by atoms with Crippen molar-refractivity contribution in [2.45, 2.75) is 11.5 Å². The molecule has 0 bridgehead atoms. The number of methoxy groups -OCH3 is 1. The van der Waals surface area contributed by atoms with Gasteiger partial charge in [0.2, 0.25) is 0 Å². The van der Waals surface area contributed by atoms with Crippen molar-refractivity contribution in [3.05, 3.63) is 65.2 Å². The summed E-state index contributed by atoms with van der Waals surface area (Å²) < 4.78 is 77.6. The van der Waals surface area contributed by atoms with Crippen molar-refractivity contribution in [1.82, 2.24) is 21.1 Å². The van der Waals surface area contributed by atoms with Crippen LogP contribution in [0.15, 0.2) is 41.6 Å². The minimum absolute atomic E-state index is 0.460. The minimum atomic E-state index is -4.01. The van der Waals surface area contributed by atoms with E-state index in [2.05, 4.69) is 21.2 Å². The molecule has 1 unspecified atom stereocenters. The molecular formula is C16H14F5N5O. The van der Waals surface area contributed by atoms with E-state index in [1.54, 1.807) is 0 Å². The van der Waals surface area contributed by atoms with Gasteiger partial charge in [-0.05, 0) is 18.2 Å². The second-order valence-corrected chi connectivity index (χ2v) is 5.69. The second-order valence-electron chi connectivity index (χ2n) is 5.69. The summed E-state index contributed by atoms with van der Waals surface area (Å²) in [5.41, 5.74) is 0.441. The lowest BCUT2D eigenvalue weighted by molar-refractivity contribution is -0.221. The largest absolute Gasteiger partial charge is 0.365 e. The summed E-state index contributed by atoms with van der Waals surface area (Å²) in [6.45, 7) is -0.673. The van der Waals surface area contributed by atoms with E-state index >= 15 is 8.78 Å². The number of ether oxygens (including phenoxy) is 1. The van der Waals surface area contributed by atoms with Gasteiger partial charge in [-0.1, -0.05) is 0 Å². The van der Waals surface area contributed by atoms with Crippen molar-refractivity contribution in [2.75, 3.05) is 13.7 Å². The van der Waals surface area contributed by atoms with Crippen molar-refractivity contribution in [3.8, 4) is 0 Å². The molecule has 2 aromatic rings. The second kappa shape index (κ2) is 7.08. The van der Waals surface area contributed by atoms with Crippen LogP contribution in [-0.4, -0.2) is 30.0 Å². The fourth-order valence-electron chi connectivity index (χ4n) is 2.80. The molecule has 0 radical (unpaired) electrons. The number of hydrogen-bond acceptors (Lipinski definition) is 6. The maximum Gasteiger partial charge on any atom is 0.324 e. The first-order chi connectivity index (χ1) is 12.8. The van der Waals surface area contributed by atoms with E-state index in [9.17, 15) is 13.2 Å². The first kappa shape index (κ1) is 19.0. The van der Waals surface area contributed by atoms with Gasteiger partial charge >= 0.3 is 5.92 Å². The lowest BCUT2D eigenvalue weighted by atomic mass is 9.84. The Hall–Kier alpha value is -2.79. The predicted molar refractivity (Wildman–Crippen MR) is 84.6 cm³/mol. The molecule has 1 aliphatic heterocycles. The molecule has 2 heterocycles. The van der Waals surface area contributed by atoms with Crippen LogP contribution in [0.25, 0.3) is 0 Å². The van der Waals surface area contributed by atoms with Gasteiger partial charge in [-0.25, -0.2) is 18.7 Å². The average Bonchev–Trinajstić information content (AvgIpc) is 3.13. The first-order valence-corrected chi connectivity index (χ1v) is 7.61. The molecular weight excluding hydrogens is 373 g/mol. The zero-order valence-electron chi connectivity index (χ0n) is 13.9. The predicted octanol–water partition coefficient (Wildman–Crippen LogP) is 2.40. The summed E-state index contributed by atoms with van der Waals surface area (Å²) in [5.74, 6) is -7.17. The van der Waals surface area contributed by atoms with E-state index in [1.807, 2.05) is 0 Å². The van der Waals surface area contributed by atoms with Gasteiger partial charge in [0, 0.05) is 31.0 Å². The highest BCUT2D eigenvalue weighted by Crippen LogP contribution is 2.48. The molecule has 0 saturated carbocycles. The molecule has 1 atom stereocenters. The third-order valence-electron chi connectivity index (χ3n) is 4.11. The van der Waals surface area contributed by atoms with Gasteiger partial charge in [-0.2, -0.15) is 13.9 Å². The Morgan fingerprint density at radius 2 is 1.85 bits per heavy atom. The molecule has 1 aromatic heterocycles. The molecule has 0 saturated heterocycles. The van der Waals surface area contributed by atoms with Crippen molar-refractivity contribution >= 4 is 6.34 Å². The molecule has 0 aliphatic carbocycles. The fraction of sp³-hybridized carbons (Fsp3) is 0.250. The number of nitrogens with zero attached hydrogens (tertiary/aromatic N) is 3. The quantitative estimate of drug-likeness (QED) is 0.746. The molecule has 6 nitrogen and oxygen atoms in total. The summed E-state index contributed by atoms with van der Waals surface area (Å²) in [4.78, 5) is 3.52. The summed E-state index contributed by atoms with van der Waals surface area (Å²) >= 11 is 0. The standard InChI is InChI=1S/C16H14F5N5O/c1-27-15(8-26-9-23-24-25-26,12-3-2-10(17)6-13(12)19)16(20,21)14-7-11(18)4-5-22-14/h2-7,9,24-25H,8H2,1H3. The number of benzene rings is 1. The molecule has 0 fully saturated rings. The van der Waals surface area contributed by atoms with Crippen LogP contribution in [0, 0.1) is 17.5 Å². The van der Waals surface area contributed by atoms with Crippen LogP contribution < -0.4 is 11.1 Å². The topological polar surface area (TPSA) is 61.8 Å². The maximum absolute atomic E-state index is 15.5. The molecule has 27 heavy (non-hydrogen) atoms. The zero-order chi connectivity index (χ0) is 19.7. The third kappa shape index (κ3) is 3.30. The molecule has 144 valence electrons. The molecule has 0 spiro atoms. The highest BCUT2D eigenvalue weighted by Gasteiger charge is 2.60. The van der Waals surface area contributed by atoms with Crippen LogP contribution in [0.4, 0.5) is 22.0 Å². The molecule has 2 N–H and O–H groups in total. The van der Waals surface area contributed by atoms with E-state index in [0.29, 0.717) is 12.1 Å². The lowest BCUT2D eigenvalue weighted by Gasteiger charge is -2.41. The number of pyridine rings is 1. The maximum atomic E-state index is 15.5. The molecule has 1 aliphatic rings. The van der Waals surface area contributed by atoms with Gasteiger partial charge in [0.05, 0.1) is 6.54 Å². The van der Waals surface area contributed by atoms with Crippen LogP contribution in [0.1, 0.15) is 11.3 Å². The van der Waals surface area contributed by atoms with Gasteiger partial charge in [0.15, 0.2) is 5.60 Å². The van der Waals surface area contributed by atoms with Crippen LogP contribution in [0.5, 0.6) is 0 Å². The number of alkyl halides is 2. The van der Waals surface area contributed by atoms with E-state index in [-0.39, 0.29) is 0 Å². The Morgan fingerprint density at radius 3 is 2.44 bits per heavy atom. The monoisotopic (exact) mass is 387 g/mol. The van der Waals surface area contributed by atoms with Gasteiger partial charge in [0.1, 0.15) is 29.5 Å². The number of nitrogens with one attached hydrogen (secondary N) is 2. The van der Waals surface area contributed by atoms with Crippen LogP contribution >= 0.6 is 0 Å².